The van der Waals surface area contributed by atoms with E-state index in [0.717, 1.165) is 70.7 Å². The number of hydrogen-bond donors (Lipinski definition) is 1. The van der Waals surface area contributed by atoms with Gasteiger partial charge in [0.2, 0.25) is 5.91 Å². The van der Waals surface area contributed by atoms with E-state index in [-0.39, 0.29) is 0 Å². The molecular formula is C25H39N3O. The highest BCUT2D eigenvalue weighted by atomic mass is 16.2. The summed E-state index contributed by atoms with van der Waals surface area (Å²) in [4.78, 5) is 17.7. The van der Waals surface area contributed by atoms with Gasteiger partial charge in [0, 0.05) is 50.9 Å². The van der Waals surface area contributed by atoms with E-state index in [2.05, 4.69) is 40.2 Å². The molecular weight excluding hydrogens is 358 g/mol. The first-order chi connectivity index (χ1) is 14.2. The van der Waals surface area contributed by atoms with Crippen LogP contribution in [0.1, 0.15) is 69.4 Å². The van der Waals surface area contributed by atoms with Crippen molar-refractivity contribution >= 4 is 11.6 Å². The van der Waals surface area contributed by atoms with Crippen molar-refractivity contribution in [2.24, 2.45) is 5.92 Å². The predicted molar refractivity (Wildman–Crippen MR) is 121 cm³/mol. The molecule has 1 aromatic rings. The molecule has 3 aliphatic rings. The van der Waals surface area contributed by atoms with Crippen molar-refractivity contribution in [3.05, 3.63) is 29.3 Å². The van der Waals surface area contributed by atoms with Crippen LogP contribution in [0.5, 0.6) is 0 Å². The molecule has 1 amide bonds. The number of fused-ring (bicyclic) bond motifs is 1. The van der Waals surface area contributed by atoms with Crippen LogP contribution in [0, 0.1) is 5.92 Å². The van der Waals surface area contributed by atoms with Crippen LogP contribution in [-0.4, -0.2) is 49.6 Å². The van der Waals surface area contributed by atoms with Crippen molar-refractivity contribution < 1.29 is 4.79 Å². The Kier molecular flexibility index (Phi) is 7.25. The van der Waals surface area contributed by atoms with E-state index < -0.39 is 0 Å². The number of rotatable bonds is 6. The SMILES string of the molecule is CC(Cc1ccc2c(c1)CCCN2C(=O)CCC1CCCCC1)N1CCNCC1. The number of piperazine rings is 1. The third-order valence-electron chi connectivity index (χ3n) is 7.36. The highest BCUT2D eigenvalue weighted by Gasteiger charge is 2.24. The molecule has 4 rings (SSSR count). The fourth-order valence-electron chi connectivity index (χ4n) is 5.57. The minimum atomic E-state index is 0.346. The van der Waals surface area contributed by atoms with Gasteiger partial charge >= 0.3 is 0 Å². The molecule has 1 N–H and O–H groups in total. The summed E-state index contributed by atoms with van der Waals surface area (Å²) in [6.45, 7) is 7.75. The van der Waals surface area contributed by atoms with Gasteiger partial charge in [-0.2, -0.15) is 0 Å². The number of carbonyl (C=O) groups is 1. The molecule has 29 heavy (non-hydrogen) atoms. The molecule has 4 nitrogen and oxygen atoms in total. The molecule has 2 fully saturated rings. The highest BCUT2D eigenvalue weighted by Crippen LogP contribution is 2.31. The first-order valence-electron chi connectivity index (χ1n) is 12.1. The third-order valence-corrected chi connectivity index (χ3v) is 7.36. The van der Waals surface area contributed by atoms with Crippen LogP contribution >= 0.6 is 0 Å². The van der Waals surface area contributed by atoms with E-state index >= 15 is 0 Å². The lowest BCUT2D eigenvalue weighted by molar-refractivity contribution is -0.119. The summed E-state index contributed by atoms with van der Waals surface area (Å²) in [5.41, 5.74) is 3.99. The normalized spacial score (nSPS) is 22.3. The molecule has 1 aliphatic carbocycles. The van der Waals surface area contributed by atoms with Crippen LogP contribution in [0.4, 0.5) is 5.69 Å². The Balaban J connectivity index is 1.36. The summed E-state index contributed by atoms with van der Waals surface area (Å²) in [5, 5.41) is 3.44. The third kappa shape index (κ3) is 5.40. The Hall–Kier alpha value is -1.39. The number of hydrogen-bond acceptors (Lipinski definition) is 3. The number of anilines is 1. The van der Waals surface area contributed by atoms with Gasteiger partial charge < -0.3 is 10.2 Å². The Morgan fingerprint density at radius 1 is 1.10 bits per heavy atom. The van der Waals surface area contributed by atoms with E-state index in [4.69, 9.17) is 0 Å². The van der Waals surface area contributed by atoms with Crippen LogP contribution in [0.2, 0.25) is 0 Å². The van der Waals surface area contributed by atoms with Crippen LogP contribution < -0.4 is 10.2 Å². The number of benzene rings is 1. The monoisotopic (exact) mass is 397 g/mol. The summed E-state index contributed by atoms with van der Waals surface area (Å²) in [6.07, 6.45) is 11.9. The zero-order valence-electron chi connectivity index (χ0n) is 18.3. The average Bonchev–Trinajstić information content (AvgIpc) is 2.78. The van der Waals surface area contributed by atoms with Gasteiger partial charge in [-0.25, -0.2) is 0 Å². The Morgan fingerprint density at radius 3 is 2.69 bits per heavy atom. The zero-order chi connectivity index (χ0) is 20.1. The molecule has 2 heterocycles. The molecule has 0 aromatic heterocycles. The van der Waals surface area contributed by atoms with Gasteiger partial charge in [0.05, 0.1) is 0 Å². The molecule has 160 valence electrons. The molecule has 1 atom stereocenters. The van der Waals surface area contributed by atoms with Crippen molar-refractivity contribution in [3.8, 4) is 0 Å². The standard InChI is InChI=1S/C25H39N3O/c1-20(27-16-13-26-14-17-27)18-22-9-11-24-23(19-22)8-5-15-28(24)25(29)12-10-21-6-3-2-4-7-21/h9,11,19-21,26H,2-8,10,12-18H2,1H3. The maximum atomic E-state index is 13.0. The summed E-state index contributed by atoms with van der Waals surface area (Å²) < 4.78 is 0. The molecule has 2 aliphatic heterocycles. The summed E-state index contributed by atoms with van der Waals surface area (Å²) in [6, 6.07) is 7.46. The minimum absolute atomic E-state index is 0.346. The van der Waals surface area contributed by atoms with Gasteiger partial charge in [-0.05, 0) is 55.7 Å². The average molecular weight is 398 g/mol. The number of amides is 1. The summed E-state index contributed by atoms with van der Waals surface area (Å²) in [5.74, 6) is 1.13. The second-order valence-electron chi connectivity index (χ2n) is 9.49. The van der Waals surface area contributed by atoms with E-state index in [0.29, 0.717) is 11.9 Å². The van der Waals surface area contributed by atoms with Crippen LogP contribution in [0.15, 0.2) is 18.2 Å². The van der Waals surface area contributed by atoms with Gasteiger partial charge in [-0.15, -0.1) is 0 Å². The smallest absolute Gasteiger partial charge is 0.226 e. The van der Waals surface area contributed by atoms with Crippen molar-refractivity contribution in [1.29, 1.82) is 0 Å². The fourth-order valence-corrected chi connectivity index (χ4v) is 5.57. The van der Waals surface area contributed by atoms with Crippen molar-refractivity contribution in [1.82, 2.24) is 10.2 Å². The molecule has 0 spiro atoms. The summed E-state index contributed by atoms with van der Waals surface area (Å²) in [7, 11) is 0. The van der Waals surface area contributed by atoms with Crippen LogP contribution in [0.3, 0.4) is 0 Å². The number of carbonyl (C=O) groups excluding carboxylic acids is 1. The lowest BCUT2D eigenvalue weighted by atomic mass is 9.86. The molecule has 1 saturated heterocycles. The molecule has 4 heteroatoms. The Bertz CT molecular complexity index is 677. The molecule has 1 saturated carbocycles. The predicted octanol–water partition coefficient (Wildman–Crippen LogP) is 4.16. The van der Waals surface area contributed by atoms with Crippen molar-refractivity contribution in [3.63, 3.8) is 0 Å². The first-order valence-corrected chi connectivity index (χ1v) is 12.1. The Morgan fingerprint density at radius 2 is 1.90 bits per heavy atom. The zero-order valence-corrected chi connectivity index (χ0v) is 18.3. The molecule has 1 aromatic carbocycles. The van der Waals surface area contributed by atoms with Crippen LogP contribution in [-0.2, 0) is 17.6 Å². The number of nitrogens with zero attached hydrogens (tertiary/aromatic N) is 2. The number of aryl methyl sites for hydroxylation is 1. The fraction of sp³-hybridized carbons (Fsp3) is 0.720. The second kappa shape index (κ2) is 10.1. The maximum absolute atomic E-state index is 13.0. The van der Waals surface area contributed by atoms with E-state index in [9.17, 15) is 4.79 Å². The highest BCUT2D eigenvalue weighted by molar-refractivity contribution is 5.94. The van der Waals surface area contributed by atoms with Gasteiger partial charge in [0.25, 0.3) is 0 Å². The van der Waals surface area contributed by atoms with Crippen molar-refractivity contribution in [2.75, 3.05) is 37.6 Å². The van der Waals surface area contributed by atoms with Crippen molar-refractivity contribution in [2.45, 2.75) is 77.2 Å². The van der Waals surface area contributed by atoms with E-state index in [1.165, 1.54) is 48.9 Å². The van der Waals surface area contributed by atoms with Gasteiger partial charge in [0.15, 0.2) is 0 Å². The quantitative estimate of drug-likeness (QED) is 0.783. The Labute approximate surface area is 177 Å². The molecule has 0 radical (unpaired) electrons. The maximum Gasteiger partial charge on any atom is 0.226 e. The lowest BCUT2D eigenvalue weighted by Gasteiger charge is -2.33. The molecule has 0 bridgehead atoms. The number of nitrogens with one attached hydrogen (secondary N) is 1. The van der Waals surface area contributed by atoms with Gasteiger partial charge in [-0.1, -0.05) is 44.2 Å². The minimum Gasteiger partial charge on any atom is -0.314 e. The van der Waals surface area contributed by atoms with Crippen LogP contribution in [0.25, 0.3) is 0 Å². The lowest BCUT2D eigenvalue weighted by Crippen LogP contribution is -2.48. The first kappa shape index (κ1) is 20.9. The summed E-state index contributed by atoms with van der Waals surface area (Å²) >= 11 is 0. The van der Waals surface area contributed by atoms with E-state index in [1.54, 1.807) is 0 Å². The molecule has 1 unspecified atom stereocenters. The topological polar surface area (TPSA) is 35.6 Å². The van der Waals surface area contributed by atoms with E-state index in [1.807, 2.05) is 0 Å². The van der Waals surface area contributed by atoms with Gasteiger partial charge in [0.1, 0.15) is 0 Å². The van der Waals surface area contributed by atoms with Gasteiger partial charge in [-0.3, -0.25) is 9.69 Å². The second-order valence-corrected chi connectivity index (χ2v) is 9.49. The largest absolute Gasteiger partial charge is 0.314 e.